The Hall–Kier alpha value is -1.01. The highest BCUT2D eigenvalue weighted by molar-refractivity contribution is 9.10. The van der Waals surface area contributed by atoms with E-state index >= 15 is 0 Å². The van der Waals surface area contributed by atoms with Crippen molar-refractivity contribution in [1.82, 2.24) is 15.0 Å². The molecule has 0 unspecified atom stereocenters. The summed E-state index contributed by atoms with van der Waals surface area (Å²) in [6.07, 6.45) is 2.65. The third kappa shape index (κ3) is 2.08. The molecular formula is C10H11BrN4S. The molecule has 1 N–H and O–H groups in total. The van der Waals surface area contributed by atoms with E-state index in [2.05, 4.69) is 43.1 Å². The van der Waals surface area contributed by atoms with Gasteiger partial charge in [-0.1, -0.05) is 6.92 Å². The minimum atomic E-state index is 0.729. The first-order valence-electron chi connectivity index (χ1n) is 4.89. The minimum Gasteiger partial charge on any atom is -0.372 e. The molecule has 2 aromatic heterocycles. The molecule has 0 aromatic carbocycles. The molecule has 0 atom stereocenters. The predicted molar refractivity (Wildman–Crippen MR) is 69.8 cm³/mol. The second-order valence-corrected chi connectivity index (χ2v) is 4.81. The maximum atomic E-state index is 4.51. The Balaban J connectivity index is 2.56. The third-order valence-electron chi connectivity index (χ3n) is 2.14. The lowest BCUT2D eigenvalue weighted by molar-refractivity contribution is 0.993. The Morgan fingerprint density at radius 3 is 2.81 bits per heavy atom. The zero-order valence-electron chi connectivity index (χ0n) is 8.99. The molecule has 2 rings (SSSR count). The first kappa shape index (κ1) is 11.5. The Labute approximate surface area is 106 Å². The van der Waals surface area contributed by atoms with Crippen LogP contribution in [-0.4, -0.2) is 22.0 Å². The molecule has 0 bridgehead atoms. The maximum absolute atomic E-state index is 4.51. The van der Waals surface area contributed by atoms with Crippen molar-refractivity contribution in [3.05, 3.63) is 21.9 Å². The number of hydrogen-bond acceptors (Lipinski definition) is 5. The lowest BCUT2D eigenvalue weighted by Crippen LogP contribution is -2.02. The number of aromatic nitrogens is 3. The molecule has 0 aliphatic heterocycles. The van der Waals surface area contributed by atoms with Crippen molar-refractivity contribution in [3.8, 4) is 10.7 Å². The van der Waals surface area contributed by atoms with E-state index in [4.69, 9.17) is 0 Å². The van der Waals surface area contributed by atoms with Gasteiger partial charge in [-0.05, 0) is 22.4 Å². The van der Waals surface area contributed by atoms with Crippen molar-refractivity contribution >= 4 is 33.1 Å². The molecule has 0 fully saturated rings. The summed E-state index contributed by atoms with van der Waals surface area (Å²) in [4.78, 5) is 14.0. The maximum Gasteiger partial charge on any atom is 0.173 e. The highest BCUT2D eigenvalue weighted by atomic mass is 79.9. The van der Waals surface area contributed by atoms with Crippen LogP contribution in [0.1, 0.15) is 12.6 Å². The summed E-state index contributed by atoms with van der Waals surface area (Å²) < 4.78 is 0.936. The number of hydrogen-bond donors (Lipinski definition) is 1. The normalized spacial score (nSPS) is 10.4. The number of anilines is 1. The second kappa shape index (κ2) is 4.88. The Morgan fingerprint density at radius 2 is 2.25 bits per heavy atom. The molecule has 84 valence electrons. The molecule has 4 nitrogen and oxygen atoms in total. The average molecular weight is 299 g/mol. The number of halogens is 1. The SMILES string of the molecule is CCc1nc(-c2cncs2)nc(NC)c1Br. The summed E-state index contributed by atoms with van der Waals surface area (Å²) in [5.74, 6) is 1.54. The van der Waals surface area contributed by atoms with E-state index in [1.165, 1.54) is 0 Å². The zero-order valence-corrected chi connectivity index (χ0v) is 11.4. The van der Waals surface area contributed by atoms with Crippen molar-refractivity contribution < 1.29 is 0 Å². The number of thiazole rings is 1. The van der Waals surface area contributed by atoms with Gasteiger partial charge in [0.15, 0.2) is 5.82 Å². The van der Waals surface area contributed by atoms with E-state index < -0.39 is 0 Å². The van der Waals surface area contributed by atoms with Gasteiger partial charge in [0, 0.05) is 13.2 Å². The van der Waals surface area contributed by atoms with Crippen LogP contribution >= 0.6 is 27.3 Å². The number of rotatable bonds is 3. The van der Waals surface area contributed by atoms with Gasteiger partial charge in [0.05, 0.1) is 20.6 Å². The summed E-state index contributed by atoms with van der Waals surface area (Å²) in [5, 5.41) is 3.06. The smallest absolute Gasteiger partial charge is 0.173 e. The van der Waals surface area contributed by atoms with Crippen LogP contribution in [0.5, 0.6) is 0 Å². The second-order valence-electron chi connectivity index (χ2n) is 3.13. The molecule has 6 heteroatoms. The van der Waals surface area contributed by atoms with Crippen LogP contribution < -0.4 is 5.32 Å². The van der Waals surface area contributed by atoms with Gasteiger partial charge in [-0.25, -0.2) is 9.97 Å². The summed E-state index contributed by atoms with van der Waals surface area (Å²) in [6, 6.07) is 0. The van der Waals surface area contributed by atoms with E-state index in [9.17, 15) is 0 Å². The Bertz CT molecular complexity index is 459. The molecule has 0 amide bonds. The van der Waals surface area contributed by atoms with Gasteiger partial charge in [0.2, 0.25) is 0 Å². The van der Waals surface area contributed by atoms with E-state index in [1.54, 1.807) is 23.0 Å². The van der Waals surface area contributed by atoms with Gasteiger partial charge in [-0.3, -0.25) is 4.98 Å². The fourth-order valence-corrected chi connectivity index (χ4v) is 2.54. The lowest BCUT2D eigenvalue weighted by Gasteiger charge is -2.08. The summed E-state index contributed by atoms with van der Waals surface area (Å²) in [7, 11) is 1.85. The number of nitrogens with zero attached hydrogens (tertiary/aromatic N) is 3. The Kier molecular flexibility index (Phi) is 3.50. The molecular weight excluding hydrogens is 288 g/mol. The topological polar surface area (TPSA) is 50.7 Å². The summed E-state index contributed by atoms with van der Waals surface area (Å²) in [5.41, 5.74) is 2.79. The van der Waals surface area contributed by atoms with E-state index in [0.29, 0.717) is 0 Å². The monoisotopic (exact) mass is 298 g/mol. The molecule has 2 heterocycles. The van der Waals surface area contributed by atoms with Crippen LogP contribution in [0.25, 0.3) is 10.7 Å². The van der Waals surface area contributed by atoms with Crippen LogP contribution in [0.4, 0.5) is 5.82 Å². The largest absolute Gasteiger partial charge is 0.372 e. The van der Waals surface area contributed by atoms with Crippen molar-refractivity contribution in [2.45, 2.75) is 13.3 Å². The van der Waals surface area contributed by atoms with Gasteiger partial charge < -0.3 is 5.32 Å². The van der Waals surface area contributed by atoms with Gasteiger partial charge in [-0.2, -0.15) is 0 Å². The van der Waals surface area contributed by atoms with Gasteiger partial charge in [0.1, 0.15) is 5.82 Å². The molecule has 0 radical (unpaired) electrons. The molecule has 0 saturated heterocycles. The van der Waals surface area contributed by atoms with Crippen molar-refractivity contribution in [2.24, 2.45) is 0 Å². The van der Waals surface area contributed by atoms with E-state index in [1.807, 2.05) is 7.05 Å². The third-order valence-corrected chi connectivity index (χ3v) is 3.75. The van der Waals surface area contributed by atoms with Crippen LogP contribution in [0.2, 0.25) is 0 Å². The highest BCUT2D eigenvalue weighted by Gasteiger charge is 2.12. The van der Waals surface area contributed by atoms with Crippen LogP contribution in [-0.2, 0) is 6.42 Å². The molecule has 16 heavy (non-hydrogen) atoms. The lowest BCUT2D eigenvalue weighted by atomic mass is 10.3. The van der Waals surface area contributed by atoms with Gasteiger partial charge in [0.25, 0.3) is 0 Å². The van der Waals surface area contributed by atoms with Crippen molar-refractivity contribution in [2.75, 3.05) is 12.4 Å². The average Bonchev–Trinajstić information content (AvgIpc) is 2.83. The molecule has 0 aliphatic rings. The van der Waals surface area contributed by atoms with Gasteiger partial charge in [-0.15, -0.1) is 11.3 Å². The first-order chi connectivity index (χ1) is 7.76. The van der Waals surface area contributed by atoms with Crippen LogP contribution in [0.15, 0.2) is 16.2 Å². The first-order valence-corrected chi connectivity index (χ1v) is 6.56. The van der Waals surface area contributed by atoms with Crippen molar-refractivity contribution in [3.63, 3.8) is 0 Å². The van der Waals surface area contributed by atoms with Crippen molar-refractivity contribution in [1.29, 1.82) is 0 Å². The van der Waals surface area contributed by atoms with Crippen LogP contribution in [0.3, 0.4) is 0 Å². The Morgan fingerprint density at radius 1 is 1.44 bits per heavy atom. The molecule has 0 aliphatic carbocycles. The highest BCUT2D eigenvalue weighted by Crippen LogP contribution is 2.28. The fraction of sp³-hybridized carbons (Fsp3) is 0.300. The number of nitrogens with one attached hydrogen (secondary N) is 1. The number of aryl methyl sites for hydroxylation is 1. The quantitative estimate of drug-likeness (QED) is 0.946. The zero-order chi connectivity index (χ0) is 11.5. The molecule has 0 saturated carbocycles. The molecule has 2 aromatic rings. The minimum absolute atomic E-state index is 0.729. The van der Waals surface area contributed by atoms with E-state index in [-0.39, 0.29) is 0 Å². The van der Waals surface area contributed by atoms with E-state index in [0.717, 1.165) is 33.1 Å². The molecule has 0 spiro atoms. The fourth-order valence-electron chi connectivity index (χ4n) is 1.33. The summed E-state index contributed by atoms with van der Waals surface area (Å²) in [6.45, 7) is 2.07. The summed E-state index contributed by atoms with van der Waals surface area (Å²) >= 11 is 5.04. The van der Waals surface area contributed by atoms with Gasteiger partial charge >= 0.3 is 0 Å². The predicted octanol–water partition coefficient (Wildman–Crippen LogP) is 2.97. The van der Waals surface area contributed by atoms with Crippen LogP contribution in [0, 0.1) is 0 Å². The standard InChI is InChI=1S/C10H11BrN4S/c1-3-6-8(11)10(12-2)15-9(14-6)7-4-13-5-16-7/h4-5H,3H2,1-2H3,(H,12,14,15).